The largest absolute Gasteiger partial charge is 0.772 e. The van der Waals surface area contributed by atoms with E-state index in [0.717, 1.165) is 0 Å². The van der Waals surface area contributed by atoms with E-state index in [9.17, 15) is 8.76 Å². The molecule has 1 atom stereocenters. The van der Waals surface area contributed by atoms with E-state index >= 15 is 0 Å². The van der Waals surface area contributed by atoms with Gasteiger partial charge in [0.15, 0.2) is 0 Å². The molecule has 0 aliphatic carbocycles. The topological polar surface area (TPSA) is 63.9 Å². The van der Waals surface area contributed by atoms with Gasteiger partial charge in [-0.1, -0.05) is 11.1 Å². The Bertz CT molecular complexity index is 159. The van der Waals surface area contributed by atoms with Crippen LogP contribution in [0.3, 0.4) is 0 Å². The van der Waals surface area contributed by atoms with Crippen molar-refractivity contribution in [2.75, 3.05) is 5.75 Å². The van der Waals surface area contributed by atoms with Crippen LogP contribution in [0.2, 0.25) is 0 Å². The fourth-order valence-corrected chi connectivity index (χ4v) is 0.981. The van der Waals surface area contributed by atoms with Crippen LogP contribution in [0.15, 0.2) is 0 Å². The van der Waals surface area contributed by atoms with E-state index < -0.39 is 16.5 Å². The second-order valence-corrected chi connectivity index (χ2v) is 3.34. The smallest absolute Gasteiger partial charge is 0.0693 e. The summed E-state index contributed by atoms with van der Waals surface area (Å²) in [6, 6.07) is 1.88. The zero-order chi connectivity index (χ0) is 7.49. The predicted molar refractivity (Wildman–Crippen MR) is 33.2 cm³/mol. The van der Waals surface area contributed by atoms with E-state index in [0.29, 0.717) is 0 Å². The summed E-state index contributed by atoms with van der Waals surface area (Å²) in [6.07, 6.45) is 0. The highest BCUT2D eigenvalue weighted by molar-refractivity contribution is 7.79. The standard InChI is InChI=1S/C5H9NO2S/c1-5(2,3-6)4-9(7)8/h4H2,1-2H3,(H,7,8)/p-1. The van der Waals surface area contributed by atoms with Gasteiger partial charge in [-0.05, 0) is 13.8 Å². The maximum Gasteiger partial charge on any atom is 0.0693 e. The Kier molecular flexibility index (Phi) is 2.82. The van der Waals surface area contributed by atoms with Gasteiger partial charge < -0.3 is 4.55 Å². The summed E-state index contributed by atoms with van der Waals surface area (Å²) in [5, 5.41) is 8.32. The monoisotopic (exact) mass is 146 g/mol. The van der Waals surface area contributed by atoms with Crippen molar-refractivity contribution in [1.29, 1.82) is 5.26 Å². The van der Waals surface area contributed by atoms with E-state index in [-0.39, 0.29) is 5.75 Å². The number of nitriles is 1. The van der Waals surface area contributed by atoms with E-state index in [1.165, 1.54) is 0 Å². The zero-order valence-corrected chi connectivity index (χ0v) is 6.20. The first-order chi connectivity index (χ1) is 3.98. The minimum absolute atomic E-state index is 0.0938. The Balaban J connectivity index is 3.91. The summed E-state index contributed by atoms with van der Waals surface area (Å²) in [6.45, 7) is 3.17. The van der Waals surface area contributed by atoms with Crippen LogP contribution in [-0.2, 0) is 11.1 Å². The van der Waals surface area contributed by atoms with Gasteiger partial charge in [-0.15, -0.1) is 0 Å². The summed E-state index contributed by atoms with van der Waals surface area (Å²) < 4.78 is 20.0. The van der Waals surface area contributed by atoms with Crippen molar-refractivity contribution in [1.82, 2.24) is 0 Å². The highest BCUT2D eigenvalue weighted by Crippen LogP contribution is 2.13. The molecule has 4 heteroatoms. The lowest BCUT2D eigenvalue weighted by atomic mass is 10.00. The Labute approximate surface area is 57.0 Å². The van der Waals surface area contributed by atoms with Crippen LogP contribution in [0.1, 0.15) is 13.8 Å². The van der Waals surface area contributed by atoms with Gasteiger partial charge in [-0.3, -0.25) is 4.21 Å². The molecular weight excluding hydrogens is 138 g/mol. The van der Waals surface area contributed by atoms with Gasteiger partial charge in [0.1, 0.15) is 0 Å². The van der Waals surface area contributed by atoms with Crippen LogP contribution in [-0.4, -0.2) is 14.5 Å². The molecule has 0 amide bonds. The van der Waals surface area contributed by atoms with Crippen LogP contribution >= 0.6 is 0 Å². The van der Waals surface area contributed by atoms with Gasteiger partial charge in [0.2, 0.25) is 0 Å². The summed E-state index contributed by atoms with van der Waals surface area (Å²) >= 11 is -2.11. The summed E-state index contributed by atoms with van der Waals surface area (Å²) in [5.41, 5.74) is -0.743. The molecule has 0 spiro atoms. The average Bonchev–Trinajstić information content (AvgIpc) is 1.63. The molecule has 0 aromatic carbocycles. The second-order valence-electron chi connectivity index (χ2n) is 2.44. The zero-order valence-electron chi connectivity index (χ0n) is 5.38. The third-order valence-electron chi connectivity index (χ3n) is 0.781. The third kappa shape index (κ3) is 4.13. The van der Waals surface area contributed by atoms with Crippen LogP contribution in [0.5, 0.6) is 0 Å². The van der Waals surface area contributed by atoms with E-state index in [1.54, 1.807) is 13.8 Å². The third-order valence-corrected chi connectivity index (χ3v) is 1.74. The van der Waals surface area contributed by atoms with E-state index in [4.69, 9.17) is 5.26 Å². The molecular formula is C5H8NO2S-. The van der Waals surface area contributed by atoms with Crippen LogP contribution in [0.4, 0.5) is 0 Å². The molecule has 1 unspecified atom stereocenters. The van der Waals surface area contributed by atoms with Crippen molar-refractivity contribution in [2.45, 2.75) is 13.8 Å². The maximum absolute atomic E-state index is 10.0. The molecule has 0 radical (unpaired) electrons. The Hall–Kier alpha value is -0.400. The molecule has 0 aromatic heterocycles. The lowest BCUT2D eigenvalue weighted by Crippen LogP contribution is -2.17. The molecule has 0 bridgehead atoms. The van der Waals surface area contributed by atoms with Gasteiger partial charge in [0.25, 0.3) is 0 Å². The number of hydrogen-bond acceptors (Lipinski definition) is 3. The molecule has 0 heterocycles. The molecule has 0 aliphatic rings. The Morgan fingerprint density at radius 2 is 2.22 bits per heavy atom. The summed E-state index contributed by atoms with van der Waals surface area (Å²) in [4.78, 5) is 0. The molecule has 0 rings (SSSR count). The molecule has 52 valence electrons. The SMILES string of the molecule is CC(C)(C#N)CS(=O)[O-]. The normalized spacial score (nSPS) is 14.4. The fraction of sp³-hybridized carbons (Fsp3) is 0.800. The fourth-order valence-electron chi connectivity index (χ4n) is 0.327. The first kappa shape index (κ1) is 8.60. The van der Waals surface area contributed by atoms with Gasteiger partial charge in [0.05, 0.1) is 11.5 Å². The summed E-state index contributed by atoms with van der Waals surface area (Å²) in [5.74, 6) is -0.0938. The van der Waals surface area contributed by atoms with Gasteiger partial charge in [0, 0.05) is 5.75 Å². The number of rotatable bonds is 2. The van der Waals surface area contributed by atoms with Crippen molar-refractivity contribution in [3.05, 3.63) is 0 Å². The quantitative estimate of drug-likeness (QED) is 0.530. The Morgan fingerprint density at radius 1 is 1.78 bits per heavy atom. The Morgan fingerprint density at radius 3 is 2.33 bits per heavy atom. The van der Waals surface area contributed by atoms with Crippen molar-refractivity contribution >= 4 is 11.1 Å². The molecule has 0 fully saturated rings. The minimum Gasteiger partial charge on any atom is -0.772 e. The molecule has 9 heavy (non-hydrogen) atoms. The molecule has 3 nitrogen and oxygen atoms in total. The summed E-state index contributed by atoms with van der Waals surface area (Å²) in [7, 11) is 0. The molecule has 0 N–H and O–H groups in total. The lowest BCUT2D eigenvalue weighted by Gasteiger charge is -2.15. The second kappa shape index (κ2) is 2.95. The molecule has 0 saturated carbocycles. The number of nitrogens with zero attached hydrogens (tertiary/aromatic N) is 1. The van der Waals surface area contributed by atoms with Gasteiger partial charge in [-0.2, -0.15) is 5.26 Å². The number of hydrogen-bond donors (Lipinski definition) is 0. The first-order valence-corrected chi connectivity index (χ1v) is 3.69. The maximum atomic E-state index is 10.0. The van der Waals surface area contributed by atoms with E-state index in [2.05, 4.69) is 0 Å². The van der Waals surface area contributed by atoms with Crippen molar-refractivity contribution in [2.24, 2.45) is 5.41 Å². The van der Waals surface area contributed by atoms with Crippen molar-refractivity contribution in [3.63, 3.8) is 0 Å². The van der Waals surface area contributed by atoms with Crippen LogP contribution in [0, 0.1) is 16.7 Å². The van der Waals surface area contributed by atoms with Gasteiger partial charge >= 0.3 is 0 Å². The molecule has 0 aromatic rings. The lowest BCUT2D eigenvalue weighted by molar-refractivity contribution is 0.497. The highest BCUT2D eigenvalue weighted by Gasteiger charge is 2.15. The first-order valence-electron chi connectivity index (χ1n) is 2.45. The van der Waals surface area contributed by atoms with Crippen molar-refractivity contribution in [3.8, 4) is 6.07 Å². The van der Waals surface area contributed by atoms with Crippen LogP contribution < -0.4 is 0 Å². The molecule has 0 aliphatic heterocycles. The van der Waals surface area contributed by atoms with Crippen molar-refractivity contribution < 1.29 is 8.76 Å². The minimum atomic E-state index is -2.11. The van der Waals surface area contributed by atoms with E-state index in [1.807, 2.05) is 6.07 Å². The predicted octanol–water partition coefficient (Wildman–Crippen LogP) is 0.415. The van der Waals surface area contributed by atoms with Crippen LogP contribution in [0.25, 0.3) is 0 Å². The highest BCUT2D eigenvalue weighted by atomic mass is 32.2. The average molecular weight is 146 g/mol. The molecule has 0 saturated heterocycles. The van der Waals surface area contributed by atoms with Gasteiger partial charge in [-0.25, -0.2) is 0 Å².